The Morgan fingerprint density at radius 1 is 1.07 bits per heavy atom. The van der Waals surface area contributed by atoms with Crippen LogP contribution in [-0.4, -0.2) is 27.7 Å². The minimum Gasteiger partial charge on any atom is -0.478 e. The lowest BCUT2D eigenvalue weighted by Gasteiger charge is -2.10. The van der Waals surface area contributed by atoms with Crippen LogP contribution in [0.15, 0.2) is 73.1 Å². The van der Waals surface area contributed by atoms with E-state index in [0.717, 1.165) is 5.56 Å². The second kappa shape index (κ2) is 8.62. The Morgan fingerprint density at radius 3 is 2.45 bits per heavy atom. The molecular weight excluding hydrogens is 368 g/mol. The number of hydrogen-bond acceptors (Lipinski definition) is 5. The number of carboxylic acid groups (broad SMARTS) is 1. The van der Waals surface area contributed by atoms with Crippen LogP contribution in [0.2, 0.25) is 0 Å². The molecule has 0 bridgehead atoms. The molecular formula is C22H18N4O3. The summed E-state index contributed by atoms with van der Waals surface area (Å²) < 4.78 is 0. The third-order valence-electron chi connectivity index (χ3n) is 4.12. The Kier molecular flexibility index (Phi) is 5.80. The van der Waals surface area contributed by atoms with Crippen LogP contribution < -0.4 is 11.1 Å². The first-order valence-electron chi connectivity index (χ1n) is 8.65. The number of nitrogens with zero attached hydrogens (tertiary/aromatic N) is 1. The molecule has 0 spiro atoms. The quantitative estimate of drug-likeness (QED) is 0.379. The van der Waals surface area contributed by atoms with Crippen LogP contribution in [0.1, 0.15) is 31.8 Å². The van der Waals surface area contributed by atoms with Crippen LogP contribution in [0.3, 0.4) is 0 Å². The number of nitrogens with one attached hydrogen (secondary N) is 2. The Balaban J connectivity index is 1.76. The SMILES string of the molecule is N=C(/C=C/c1cccnc1)c1cc(NC(=O)c2ccc(C(=O)O)cc2)ccc1N. The summed E-state index contributed by atoms with van der Waals surface area (Å²) in [6.45, 7) is 0. The summed E-state index contributed by atoms with van der Waals surface area (Å²) in [6.07, 6.45) is 6.71. The molecule has 0 atom stereocenters. The topological polar surface area (TPSA) is 129 Å². The molecule has 3 aromatic rings. The number of carbonyl (C=O) groups is 2. The van der Waals surface area contributed by atoms with Gasteiger partial charge in [0.25, 0.3) is 5.91 Å². The highest BCUT2D eigenvalue weighted by atomic mass is 16.4. The van der Waals surface area contributed by atoms with E-state index in [9.17, 15) is 9.59 Å². The van der Waals surface area contributed by atoms with Crippen LogP contribution in [-0.2, 0) is 0 Å². The van der Waals surface area contributed by atoms with E-state index in [1.807, 2.05) is 6.07 Å². The number of aromatic carboxylic acids is 1. The molecule has 29 heavy (non-hydrogen) atoms. The molecule has 0 saturated carbocycles. The molecule has 0 unspecified atom stereocenters. The molecule has 7 heteroatoms. The van der Waals surface area contributed by atoms with E-state index in [-0.39, 0.29) is 11.3 Å². The zero-order valence-electron chi connectivity index (χ0n) is 15.3. The minimum atomic E-state index is -1.06. The number of nitrogen functional groups attached to an aromatic ring is 1. The summed E-state index contributed by atoms with van der Waals surface area (Å²) >= 11 is 0. The van der Waals surface area contributed by atoms with Gasteiger partial charge in [0.1, 0.15) is 0 Å². The fourth-order valence-corrected chi connectivity index (χ4v) is 2.58. The van der Waals surface area contributed by atoms with Gasteiger partial charge in [-0.2, -0.15) is 0 Å². The van der Waals surface area contributed by atoms with E-state index in [1.54, 1.807) is 48.8 Å². The monoisotopic (exact) mass is 386 g/mol. The van der Waals surface area contributed by atoms with Crippen LogP contribution >= 0.6 is 0 Å². The number of aromatic nitrogens is 1. The number of amides is 1. The number of nitrogens with two attached hydrogens (primary N) is 1. The highest BCUT2D eigenvalue weighted by Gasteiger charge is 2.10. The van der Waals surface area contributed by atoms with Gasteiger partial charge < -0.3 is 21.6 Å². The minimum absolute atomic E-state index is 0.102. The van der Waals surface area contributed by atoms with E-state index in [2.05, 4.69) is 10.3 Å². The number of hydrogen-bond donors (Lipinski definition) is 4. The van der Waals surface area contributed by atoms with Crippen molar-refractivity contribution in [2.75, 3.05) is 11.1 Å². The number of anilines is 2. The van der Waals surface area contributed by atoms with Crippen LogP contribution in [0.4, 0.5) is 11.4 Å². The molecule has 0 aliphatic rings. The van der Waals surface area contributed by atoms with E-state index < -0.39 is 11.9 Å². The number of benzene rings is 2. The van der Waals surface area contributed by atoms with Crippen molar-refractivity contribution in [2.45, 2.75) is 0 Å². The van der Waals surface area contributed by atoms with Crippen LogP contribution in [0, 0.1) is 5.41 Å². The highest BCUT2D eigenvalue weighted by molar-refractivity contribution is 6.13. The molecule has 1 amide bonds. The Hall–Kier alpha value is -4.26. The zero-order chi connectivity index (χ0) is 20.8. The van der Waals surface area contributed by atoms with E-state index in [0.29, 0.717) is 22.5 Å². The lowest BCUT2D eigenvalue weighted by molar-refractivity contribution is 0.0696. The van der Waals surface area contributed by atoms with Crippen molar-refractivity contribution in [2.24, 2.45) is 0 Å². The number of carboxylic acids is 1. The van der Waals surface area contributed by atoms with Crippen molar-refractivity contribution in [3.8, 4) is 0 Å². The number of allylic oxidation sites excluding steroid dienone is 1. The number of rotatable bonds is 6. The fraction of sp³-hybridized carbons (Fsp3) is 0. The summed E-state index contributed by atoms with van der Waals surface area (Å²) in [5.41, 5.74) is 8.81. The summed E-state index contributed by atoms with van der Waals surface area (Å²) in [7, 11) is 0. The van der Waals surface area contributed by atoms with Gasteiger partial charge >= 0.3 is 5.97 Å². The molecule has 3 rings (SSSR count). The van der Waals surface area contributed by atoms with Crippen molar-refractivity contribution in [3.05, 3.63) is 95.3 Å². The zero-order valence-corrected chi connectivity index (χ0v) is 15.3. The van der Waals surface area contributed by atoms with Gasteiger partial charge in [0, 0.05) is 34.9 Å². The molecule has 7 nitrogen and oxygen atoms in total. The maximum Gasteiger partial charge on any atom is 0.335 e. The molecule has 1 aromatic heterocycles. The molecule has 0 fully saturated rings. The molecule has 0 aliphatic heterocycles. The molecule has 5 N–H and O–H groups in total. The van der Waals surface area contributed by atoms with Gasteiger partial charge in [-0.3, -0.25) is 9.78 Å². The summed E-state index contributed by atoms with van der Waals surface area (Å²) in [6, 6.07) is 14.2. The Bertz CT molecular complexity index is 1090. The smallest absolute Gasteiger partial charge is 0.335 e. The lowest BCUT2D eigenvalue weighted by Crippen LogP contribution is -2.13. The Morgan fingerprint density at radius 2 is 1.79 bits per heavy atom. The van der Waals surface area contributed by atoms with Gasteiger partial charge in [-0.05, 0) is 60.2 Å². The average Bonchev–Trinajstić information content (AvgIpc) is 2.74. The number of pyridine rings is 1. The van der Waals surface area contributed by atoms with Crippen molar-refractivity contribution < 1.29 is 14.7 Å². The van der Waals surface area contributed by atoms with Crippen molar-refractivity contribution in [3.63, 3.8) is 0 Å². The summed E-state index contributed by atoms with van der Waals surface area (Å²) in [5.74, 6) is -1.45. The fourth-order valence-electron chi connectivity index (χ4n) is 2.58. The van der Waals surface area contributed by atoms with Crippen molar-refractivity contribution in [1.82, 2.24) is 4.98 Å². The largest absolute Gasteiger partial charge is 0.478 e. The molecule has 1 heterocycles. The Labute approximate surface area is 167 Å². The lowest BCUT2D eigenvalue weighted by atomic mass is 10.1. The maximum absolute atomic E-state index is 12.4. The van der Waals surface area contributed by atoms with Crippen LogP contribution in [0.5, 0.6) is 0 Å². The standard InChI is InChI=1S/C22H18N4O3/c23-19(9-3-14-2-1-11-25-13-14)18-12-17(8-10-20(18)24)26-21(27)15-4-6-16(7-5-15)22(28)29/h1-13,23H,24H2,(H,26,27)(H,28,29)/b9-3+,23-19?. The normalized spacial score (nSPS) is 10.6. The number of carbonyl (C=O) groups excluding carboxylic acids is 1. The first kappa shape index (κ1) is 19.5. The summed E-state index contributed by atoms with van der Waals surface area (Å²) in [5, 5.41) is 19.9. The summed E-state index contributed by atoms with van der Waals surface area (Å²) in [4.78, 5) is 27.3. The maximum atomic E-state index is 12.4. The first-order valence-corrected chi connectivity index (χ1v) is 8.65. The second-order valence-electron chi connectivity index (χ2n) is 6.17. The molecule has 0 radical (unpaired) electrons. The van der Waals surface area contributed by atoms with Gasteiger partial charge in [0.05, 0.1) is 11.3 Å². The van der Waals surface area contributed by atoms with Gasteiger partial charge in [0.2, 0.25) is 0 Å². The third kappa shape index (κ3) is 4.92. The van der Waals surface area contributed by atoms with Gasteiger partial charge in [-0.25, -0.2) is 4.79 Å². The average molecular weight is 386 g/mol. The predicted molar refractivity (Wildman–Crippen MR) is 112 cm³/mol. The van der Waals surface area contributed by atoms with Gasteiger partial charge in [-0.15, -0.1) is 0 Å². The van der Waals surface area contributed by atoms with E-state index >= 15 is 0 Å². The molecule has 0 aliphatic carbocycles. The third-order valence-corrected chi connectivity index (χ3v) is 4.12. The molecule has 144 valence electrons. The van der Waals surface area contributed by atoms with Crippen LogP contribution in [0.25, 0.3) is 6.08 Å². The van der Waals surface area contributed by atoms with Gasteiger partial charge in [-0.1, -0.05) is 12.1 Å². The van der Waals surface area contributed by atoms with Crippen molar-refractivity contribution in [1.29, 1.82) is 5.41 Å². The van der Waals surface area contributed by atoms with Gasteiger partial charge in [0.15, 0.2) is 0 Å². The van der Waals surface area contributed by atoms with E-state index in [4.69, 9.17) is 16.2 Å². The predicted octanol–water partition coefficient (Wildman–Crippen LogP) is 3.70. The first-order chi connectivity index (χ1) is 13.9. The molecule has 2 aromatic carbocycles. The second-order valence-corrected chi connectivity index (χ2v) is 6.17. The van der Waals surface area contributed by atoms with E-state index in [1.165, 1.54) is 24.3 Å². The highest BCUT2D eigenvalue weighted by Crippen LogP contribution is 2.20. The van der Waals surface area contributed by atoms with Crippen molar-refractivity contribution >= 4 is 35.0 Å². The molecule has 0 saturated heterocycles.